The summed E-state index contributed by atoms with van der Waals surface area (Å²) in [5, 5.41) is 10.4. The second-order valence-corrected chi connectivity index (χ2v) is 5.62. The number of fused-ring (bicyclic) bond motifs is 1. The molecule has 1 atom stereocenters. The number of carboxylic acids is 1. The molecule has 1 aliphatic rings. The molecular formula is C16H19NO2. The van der Waals surface area contributed by atoms with Crippen LogP contribution in [-0.4, -0.2) is 15.6 Å². The predicted molar refractivity (Wildman–Crippen MR) is 75.4 cm³/mol. The number of carboxylic acid groups (broad SMARTS) is 1. The monoisotopic (exact) mass is 257 g/mol. The third-order valence-electron chi connectivity index (χ3n) is 4.40. The van der Waals surface area contributed by atoms with Crippen molar-refractivity contribution in [1.29, 1.82) is 0 Å². The van der Waals surface area contributed by atoms with Gasteiger partial charge in [-0.15, -0.1) is 0 Å². The minimum atomic E-state index is -0.691. The second-order valence-electron chi connectivity index (χ2n) is 5.62. The molecule has 1 N–H and O–H groups in total. The highest BCUT2D eigenvalue weighted by molar-refractivity contribution is 5.86. The van der Waals surface area contributed by atoms with Crippen molar-refractivity contribution in [3.05, 3.63) is 35.5 Å². The van der Waals surface area contributed by atoms with E-state index in [-0.39, 0.29) is 12.3 Å². The lowest BCUT2D eigenvalue weighted by Crippen LogP contribution is -2.09. The van der Waals surface area contributed by atoms with Crippen molar-refractivity contribution in [2.24, 2.45) is 13.0 Å². The molecule has 100 valence electrons. The van der Waals surface area contributed by atoms with E-state index in [0.717, 1.165) is 0 Å². The fourth-order valence-electron chi connectivity index (χ4n) is 3.21. The fraction of sp³-hybridized carbons (Fsp3) is 0.438. The Labute approximate surface area is 112 Å². The molecule has 1 saturated carbocycles. The van der Waals surface area contributed by atoms with Crippen LogP contribution in [0.4, 0.5) is 0 Å². The quantitative estimate of drug-likeness (QED) is 0.911. The van der Waals surface area contributed by atoms with E-state index in [2.05, 4.69) is 30.7 Å². The first-order valence-corrected chi connectivity index (χ1v) is 6.85. The predicted octanol–water partition coefficient (Wildman–Crippen LogP) is 3.46. The molecule has 1 aromatic carbocycles. The molecule has 3 nitrogen and oxygen atoms in total. The number of para-hydroxylation sites is 1. The van der Waals surface area contributed by atoms with Crippen molar-refractivity contribution >= 4 is 16.9 Å². The summed E-state index contributed by atoms with van der Waals surface area (Å²) < 4.78 is 2.18. The molecule has 2 aromatic rings. The van der Waals surface area contributed by atoms with Gasteiger partial charge < -0.3 is 9.67 Å². The van der Waals surface area contributed by atoms with E-state index < -0.39 is 5.97 Å². The van der Waals surface area contributed by atoms with E-state index in [4.69, 9.17) is 0 Å². The van der Waals surface area contributed by atoms with E-state index in [9.17, 15) is 9.90 Å². The second kappa shape index (κ2) is 4.41. The Morgan fingerprint density at radius 3 is 2.74 bits per heavy atom. The number of aryl methyl sites for hydroxylation is 1. The summed E-state index contributed by atoms with van der Waals surface area (Å²) in [7, 11) is 2.06. The number of hydrogen-bond acceptors (Lipinski definition) is 1. The molecule has 3 rings (SSSR count). The van der Waals surface area contributed by atoms with Crippen LogP contribution in [0.15, 0.2) is 24.3 Å². The van der Waals surface area contributed by atoms with Crippen molar-refractivity contribution in [3.63, 3.8) is 0 Å². The Morgan fingerprint density at radius 1 is 1.42 bits per heavy atom. The molecule has 0 bridgehead atoms. The van der Waals surface area contributed by atoms with Crippen LogP contribution in [0.2, 0.25) is 0 Å². The summed E-state index contributed by atoms with van der Waals surface area (Å²) in [6.45, 7) is 2.10. The molecule has 0 radical (unpaired) electrons. The normalized spacial score (nSPS) is 16.7. The minimum absolute atomic E-state index is 0.170. The zero-order valence-corrected chi connectivity index (χ0v) is 11.4. The van der Waals surface area contributed by atoms with Gasteiger partial charge in [0.15, 0.2) is 0 Å². The van der Waals surface area contributed by atoms with Crippen LogP contribution in [0, 0.1) is 12.8 Å². The van der Waals surface area contributed by atoms with Crippen LogP contribution >= 0.6 is 0 Å². The van der Waals surface area contributed by atoms with E-state index in [0.29, 0.717) is 5.92 Å². The van der Waals surface area contributed by atoms with Crippen molar-refractivity contribution in [2.75, 3.05) is 0 Å². The highest BCUT2D eigenvalue weighted by Gasteiger charge is 2.36. The summed E-state index contributed by atoms with van der Waals surface area (Å²) in [5.41, 5.74) is 3.66. The summed E-state index contributed by atoms with van der Waals surface area (Å²) in [6, 6.07) is 8.30. The molecule has 1 heterocycles. The largest absolute Gasteiger partial charge is 0.481 e. The van der Waals surface area contributed by atoms with Crippen molar-refractivity contribution < 1.29 is 9.90 Å². The maximum absolute atomic E-state index is 11.2. The van der Waals surface area contributed by atoms with E-state index in [1.165, 1.54) is 35.0 Å². The molecule has 1 fully saturated rings. The molecular weight excluding hydrogens is 238 g/mol. The maximum atomic E-state index is 11.2. The first kappa shape index (κ1) is 12.3. The molecule has 0 spiro atoms. The van der Waals surface area contributed by atoms with Gasteiger partial charge >= 0.3 is 5.97 Å². The molecule has 1 aromatic heterocycles. The molecule has 0 aliphatic heterocycles. The topological polar surface area (TPSA) is 42.2 Å². The van der Waals surface area contributed by atoms with Gasteiger partial charge in [-0.1, -0.05) is 18.2 Å². The summed E-state index contributed by atoms with van der Waals surface area (Å²) in [5.74, 6) is 0.0356. The molecule has 0 amide bonds. The standard InChI is InChI=1S/C16H19NO2/c1-10-16(13(9-15(18)19)11-7-8-11)12-5-3-4-6-14(12)17(10)2/h3-6,11,13H,7-9H2,1-2H3,(H,18,19). The van der Waals surface area contributed by atoms with E-state index in [1.54, 1.807) is 0 Å². The number of benzene rings is 1. The summed E-state index contributed by atoms with van der Waals surface area (Å²) >= 11 is 0. The van der Waals surface area contributed by atoms with Crippen molar-refractivity contribution in [1.82, 2.24) is 4.57 Å². The highest BCUT2D eigenvalue weighted by Crippen LogP contribution is 2.47. The van der Waals surface area contributed by atoms with Gasteiger partial charge in [-0.05, 0) is 43.2 Å². The third-order valence-corrected chi connectivity index (χ3v) is 4.40. The van der Waals surface area contributed by atoms with Gasteiger partial charge in [0.25, 0.3) is 0 Å². The smallest absolute Gasteiger partial charge is 0.303 e. The SMILES string of the molecule is Cc1c(C(CC(=O)O)C2CC2)c2ccccc2n1C. The molecule has 19 heavy (non-hydrogen) atoms. The lowest BCUT2D eigenvalue weighted by atomic mass is 9.89. The molecule has 1 unspecified atom stereocenters. The zero-order valence-electron chi connectivity index (χ0n) is 11.4. The first-order chi connectivity index (χ1) is 9.09. The fourth-order valence-corrected chi connectivity index (χ4v) is 3.21. The Hall–Kier alpha value is -1.77. The first-order valence-electron chi connectivity index (χ1n) is 6.85. The third kappa shape index (κ3) is 2.03. The van der Waals surface area contributed by atoms with Crippen LogP contribution in [0.1, 0.15) is 36.4 Å². The van der Waals surface area contributed by atoms with Gasteiger partial charge in [0.05, 0.1) is 6.42 Å². The number of aliphatic carboxylic acids is 1. The van der Waals surface area contributed by atoms with Crippen LogP contribution in [0.25, 0.3) is 10.9 Å². The molecule has 1 aliphatic carbocycles. The number of nitrogens with zero attached hydrogens (tertiary/aromatic N) is 1. The molecule has 0 saturated heterocycles. The number of rotatable bonds is 4. The zero-order chi connectivity index (χ0) is 13.6. The number of carbonyl (C=O) groups is 1. The lowest BCUT2D eigenvalue weighted by molar-refractivity contribution is -0.137. The van der Waals surface area contributed by atoms with E-state index in [1.807, 2.05) is 12.1 Å². The van der Waals surface area contributed by atoms with Crippen molar-refractivity contribution in [3.8, 4) is 0 Å². The summed E-state index contributed by atoms with van der Waals surface area (Å²) in [6.07, 6.45) is 2.58. The summed E-state index contributed by atoms with van der Waals surface area (Å²) in [4.78, 5) is 11.2. The number of hydrogen-bond donors (Lipinski definition) is 1. The Balaban J connectivity index is 2.17. The van der Waals surface area contributed by atoms with Gasteiger partial charge in [0, 0.05) is 23.6 Å². The Kier molecular flexibility index (Phi) is 2.85. The highest BCUT2D eigenvalue weighted by atomic mass is 16.4. The average Bonchev–Trinajstić information content (AvgIpc) is 3.18. The lowest BCUT2D eigenvalue weighted by Gasteiger charge is -2.15. The van der Waals surface area contributed by atoms with Crippen molar-refractivity contribution in [2.45, 2.75) is 32.1 Å². The van der Waals surface area contributed by atoms with Gasteiger partial charge in [0.2, 0.25) is 0 Å². The van der Waals surface area contributed by atoms with Gasteiger partial charge in [-0.25, -0.2) is 0 Å². The Morgan fingerprint density at radius 2 is 2.11 bits per heavy atom. The van der Waals surface area contributed by atoms with E-state index >= 15 is 0 Å². The van der Waals surface area contributed by atoms with Gasteiger partial charge in [0.1, 0.15) is 0 Å². The van der Waals surface area contributed by atoms with Gasteiger partial charge in [-0.3, -0.25) is 4.79 Å². The van der Waals surface area contributed by atoms with Crippen LogP contribution in [-0.2, 0) is 11.8 Å². The van der Waals surface area contributed by atoms with Crippen LogP contribution in [0.3, 0.4) is 0 Å². The van der Waals surface area contributed by atoms with Gasteiger partial charge in [-0.2, -0.15) is 0 Å². The maximum Gasteiger partial charge on any atom is 0.303 e. The Bertz CT molecular complexity index is 637. The van der Waals surface area contributed by atoms with Crippen LogP contribution < -0.4 is 0 Å². The number of aromatic nitrogens is 1. The minimum Gasteiger partial charge on any atom is -0.481 e. The van der Waals surface area contributed by atoms with Crippen LogP contribution in [0.5, 0.6) is 0 Å². The average molecular weight is 257 g/mol. The molecule has 3 heteroatoms.